The number of hydrogen-bond acceptors (Lipinski definition) is 5. The molecular weight excluding hydrogens is 414 g/mol. The molecule has 9 heteroatoms. The Balaban J connectivity index is 2.25. The van der Waals surface area contributed by atoms with Gasteiger partial charge in [-0.3, -0.25) is 19.7 Å². The number of amides is 2. The van der Waals surface area contributed by atoms with Crippen LogP contribution in [0, 0.1) is 10.1 Å². The molecular formula is C20H22ClN3O4S. The Bertz CT molecular complexity index is 903. The van der Waals surface area contributed by atoms with Crippen molar-refractivity contribution in [1.82, 2.24) is 10.2 Å². The summed E-state index contributed by atoms with van der Waals surface area (Å²) in [6.07, 6.45) is 0. The van der Waals surface area contributed by atoms with Gasteiger partial charge in [-0.05, 0) is 57.2 Å². The van der Waals surface area contributed by atoms with Crippen LogP contribution in [0.25, 0.3) is 0 Å². The number of benzene rings is 2. The first kappa shape index (κ1) is 22.7. The van der Waals surface area contributed by atoms with E-state index in [1.807, 2.05) is 13.8 Å². The van der Waals surface area contributed by atoms with Crippen LogP contribution in [0.4, 0.5) is 5.69 Å². The van der Waals surface area contributed by atoms with Crippen LogP contribution < -0.4 is 5.32 Å². The summed E-state index contributed by atoms with van der Waals surface area (Å²) in [6.45, 7) is 5.61. The average molecular weight is 436 g/mol. The van der Waals surface area contributed by atoms with E-state index in [9.17, 15) is 19.7 Å². The van der Waals surface area contributed by atoms with E-state index in [0.29, 0.717) is 16.5 Å². The second-order valence-electron chi connectivity index (χ2n) is 6.54. The second kappa shape index (κ2) is 10.3. The van der Waals surface area contributed by atoms with Gasteiger partial charge in [0.2, 0.25) is 5.91 Å². The zero-order valence-corrected chi connectivity index (χ0v) is 17.9. The van der Waals surface area contributed by atoms with Gasteiger partial charge in [0, 0.05) is 34.1 Å². The molecule has 2 amide bonds. The summed E-state index contributed by atoms with van der Waals surface area (Å²) in [5.74, 6) is -0.711. The predicted octanol–water partition coefficient (Wildman–Crippen LogP) is 4.39. The molecule has 0 bridgehead atoms. The summed E-state index contributed by atoms with van der Waals surface area (Å²) in [4.78, 5) is 38.4. The third-order valence-electron chi connectivity index (χ3n) is 3.90. The zero-order chi connectivity index (χ0) is 21.6. The summed E-state index contributed by atoms with van der Waals surface area (Å²) in [7, 11) is 0. The van der Waals surface area contributed by atoms with Crippen molar-refractivity contribution < 1.29 is 14.5 Å². The van der Waals surface area contributed by atoms with Crippen molar-refractivity contribution in [3.63, 3.8) is 0 Å². The molecule has 2 aromatic carbocycles. The first-order chi connectivity index (χ1) is 13.7. The number of halogens is 1. The Morgan fingerprint density at radius 1 is 1.21 bits per heavy atom. The zero-order valence-electron chi connectivity index (χ0n) is 16.3. The van der Waals surface area contributed by atoms with E-state index >= 15 is 0 Å². The molecule has 0 heterocycles. The number of carbonyl (C=O) groups is 2. The molecule has 0 saturated heterocycles. The van der Waals surface area contributed by atoms with Crippen LogP contribution in [0.5, 0.6) is 0 Å². The minimum atomic E-state index is -0.517. The lowest BCUT2D eigenvalue weighted by atomic mass is 10.1. The van der Waals surface area contributed by atoms with E-state index in [4.69, 9.17) is 11.6 Å². The van der Waals surface area contributed by atoms with Gasteiger partial charge in [0.05, 0.1) is 16.4 Å². The maximum Gasteiger partial charge on any atom is 0.284 e. The number of rotatable bonds is 8. The highest BCUT2D eigenvalue weighted by Crippen LogP contribution is 2.36. The number of nitrogens with one attached hydrogen (secondary N) is 1. The van der Waals surface area contributed by atoms with Crippen LogP contribution in [0.1, 0.15) is 31.1 Å². The topological polar surface area (TPSA) is 92.6 Å². The number of nitrogens with zero attached hydrogens (tertiary/aromatic N) is 2. The molecule has 29 heavy (non-hydrogen) atoms. The van der Waals surface area contributed by atoms with Crippen LogP contribution >= 0.6 is 23.4 Å². The first-order valence-corrected chi connectivity index (χ1v) is 10.2. The second-order valence-corrected chi connectivity index (χ2v) is 8.09. The van der Waals surface area contributed by atoms with Crippen molar-refractivity contribution in [2.24, 2.45) is 0 Å². The molecule has 154 valence electrons. The van der Waals surface area contributed by atoms with Crippen molar-refractivity contribution >= 4 is 40.9 Å². The van der Waals surface area contributed by atoms with Crippen LogP contribution in [0.2, 0.25) is 5.02 Å². The van der Waals surface area contributed by atoms with Gasteiger partial charge >= 0.3 is 0 Å². The smallest absolute Gasteiger partial charge is 0.284 e. The van der Waals surface area contributed by atoms with Crippen LogP contribution in [0.15, 0.2) is 52.3 Å². The highest BCUT2D eigenvalue weighted by molar-refractivity contribution is 7.99. The number of nitro benzene ring substituents is 1. The minimum absolute atomic E-state index is 0.0402. The lowest BCUT2D eigenvalue weighted by Gasteiger charge is -2.21. The van der Waals surface area contributed by atoms with Gasteiger partial charge in [-0.2, -0.15) is 0 Å². The quantitative estimate of drug-likeness (QED) is 0.490. The predicted molar refractivity (Wildman–Crippen MR) is 114 cm³/mol. The van der Waals surface area contributed by atoms with Gasteiger partial charge < -0.3 is 10.2 Å². The molecule has 7 nitrogen and oxygen atoms in total. The Morgan fingerprint density at radius 3 is 2.41 bits per heavy atom. The first-order valence-electron chi connectivity index (χ1n) is 9.01. The maximum absolute atomic E-state index is 12.8. The fraction of sp³-hybridized carbons (Fsp3) is 0.300. The summed E-state index contributed by atoms with van der Waals surface area (Å²) < 4.78 is 0. The van der Waals surface area contributed by atoms with Crippen LogP contribution in [-0.4, -0.2) is 40.8 Å². The molecule has 0 aromatic heterocycles. The fourth-order valence-corrected chi connectivity index (χ4v) is 3.59. The molecule has 2 rings (SSSR count). The highest BCUT2D eigenvalue weighted by Gasteiger charge is 2.22. The van der Waals surface area contributed by atoms with Crippen molar-refractivity contribution in [2.45, 2.75) is 36.6 Å². The SMILES string of the molecule is CCN(CC(=O)NC(C)C)C(=O)c1ccc(Sc2ccc(Cl)cc2)c([N+](=O)[O-])c1. The molecule has 0 spiro atoms. The van der Waals surface area contributed by atoms with Crippen molar-refractivity contribution in [3.05, 3.63) is 63.2 Å². The van der Waals surface area contributed by atoms with Crippen LogP contribution in [0.3, 0.4) is 0 Å². The number of carbonyl (C=O) groups excluding carboxylic acids is 2. The monoisotopic (exact) mass is 435 g/mol. The molecule has 0 radical (unpaired) electrons. The summed E-state index contributed by atoms with van der Waals surface area (Å²) in [5, 5.41) is 14.9. The number of nitro groups is 1. The molecule has 0 aliphatic heterocycles. The standard InChI is InChI=1S/C20H22ClN3O4S/c1-4-23(12-19(25)22-13(2)3)20(26)14-5-10-18(17(11-14)24(27)28)29-16-8-6-15(21)7-9-16/h5-11,13H,4,12H2,1-3H3,(H,22,25). The highest BCUT2D eigenvalue weighted by atomic mass is 35.5. The van der Waals surface area contributed by atoms with Gasteiger partial charge in [0.1, 0.15) is 0 Å². The normalized spacial score (nSPS) is 10.7. The van der Waals surface area contributed by atoms with E-state index in [-0.39, 0.29) is 29.7 Å². The van der Waals surface area contributed by atoms with Gasteiger partial charge in [-0.25, -0.2) is 0 Å². The Kier molecular flexibility index (Phi) is 8.04. The van der Waals surface area contributed by atoms with E-state index in [1.54, 1.807) is 37.3 Å². The van der Waals surface area contributed by atoms with Gasteiger partial charge in [0.15, 0.2) is 0 Å². The molecule has 0 atom stereocenters. The molecule has 0 aliphatic rings. The van der Waals surface area contributed by atoms with Gasteiger partial charge in [0.25, 0.3) is 11.6 Å². The summed E-state index contributed by atoms with van der Waals surface area (Å²) in [5.41, 5.74) is -0.00478. The van der Waals surface area contributed by atoms with E-state index < -0.39 is 10.8 Å². The fourth-order valence-electron chi connectivity index (χ4n) is 2.56. The lowest BCUT2D eigenvalue weighted by molar-refractivity contribution is -0.387. The molecule has 0 saturated carbocycles. The van der Waals surface area contributed by atoms with Crippen LogP contribution in [-0.2, 0) is 4.79 Å². The molecule has 0 aliphatic carbocycles. The molecule has 1 N–H and O–H groups in total. The van der Waals surface area contributed by atoms with Crippen molar-refractivity contribution in [3.8, 4) is 0 Å². The largest absolute Gasteiger partial charge is 0.352 e. The Labute approximate surface area is 178 Å². The van der Waals surface area contributed by atoms with E-state index in [2.05, 4.69) is 5.32 Å². The van der Waals surface area contributed by atoms with Crippen molar-refractivity contribution in [1.29, 1.82) is 0 Å². The summed E-state index contributed by atoms with van der Waals surface area (Å²) in [6, 6.07) is 11.2. The summed E-state index contributed by atoms with van der Waals surface area (Å²) >= 11 is 7.08. The number of hydrogen-bond donors (Lipinski definition) is 1. The third-order valence-corrected chi connectivity index (χ3v) is 5.22. The van der Waals surface area contributed by atoms with Gasteiger partial charge in [-0.1, -0.05) is 23.4 Å². The Morgan fingerprint density at radius 2 is 1.86 bits per heavy atom. The molecule has 0 unspecified atom stereocenters. The van der Waals surface area contributed by atoms with E-state index in [1.165, 1.54) is 28.8 Å². The lowest BCUT2D eigenvalue weighted by Crippen LogP contribution is -2.42. The van der Waals surface area contributed by atoms with Gasteiger partial charge in [-0.15, -0.1) is 0 Å². The number of likely N-dealkylation sites (N-methyl/N-ethyl adjacent to an activating group) is 1. The Hall–Kier alpha value is -2.58. The average Bonchev–Trinajstić information content (AvgIpc) is 2.67. The third kappa shape index (κ3) is 6.47. The van der Waals surface area contributed by atoms with Crippen molar-refractivity contribution in [2.75, 3.05) is 13.1 Å². The maximum atomic E-state index is 12.8. The van der Waals surface area contributed by atoms with E-state index in [0.717, 1.165) is 4.90 Å². The minimum Gasteiger partial charge on any atom is -0.352 e. The molecule has 0 fully saturated rings. The molecule has 2 aromatic rings.